The Morgan fingerprint density at radius 3 is 2.95 bits per heavy atom. The van der Waals surface area contributed by atoms with Gasteiger partial charge in [0.05, 0.1) is 12.0 Å². The summed E-state index contributed by atoms with van der Waals surface area (Å²) in [6.07, 6.45) is 4.04. The van der Waals surface area contributed by atoms with E-state index < -0.39 is 0 Å². The first-order valence-corrected chi connectivity index (χ1v) is 6.95. The molecule has 1 fully saturated rings. The number of benzene rings is 1. The van der Waals surface area contributed by atoms with Crippen molar-refractivity contribution in [3.8, 4) is 5.75 Å². The van der Waals surface area contributed by atoms with E-state index in [1.807, 2.05) is 25.2 Å². The van der Waals surface area contributed by atoms with E-state index in [4.69, 9.17) is 4.74 Å². The van der Waals surface area contributed by atoms with E-state index in [0.717, 1.165) is 50.3 Å². The molecule has 2 N–H and O–H groups in total. The maximum atomic E-state index is 12.4. The van der Waals surface area contributed by atoms with E-state index in [0.29, 0.717) is 0 Å². The summed E-state index contributed by atoms with van der Waals surface area (Å²) >= 11 is 0. The summed E-state index contributed by atoms with van der Waals surface area (Å²) in [4.78, 5) is 12.4. The van der Waals surface area contributed by atoms with Crippen LogP contribution in [-0.4, -0.2) is 26.1 Å². The Balaban J connectivity index is 1.72. The summed E-state index contributed by atoms with van der Waals surface area (Å²) in [7, 11) is 1.90. The number of hydrogen-bond acceptors (Lipinski definition) is 3. The highest BCUT2D eigenvalue weighted by Crippen LogP contribution is 2.41. The van der Waals surface area contributed by atoms with Gasteiger partial charge in [0, 0.05) is 18.7 Å². The molecule has 0 radical (unpaired) electrons. The molecular weight excluding hydrogens is 240 g/mol. The predicted molar refractivity (Wildman–Crippen MR) is 74.5 cm³/mol. The highest BCUT2D eigenvalue weighted by Gasteiger charge is 2.43. The number of carbonyl (C=O) groups excluding carboxylic acids is 1. The van der Waals surface area contributed by atoms with Crippen LogP contribution in [0.25, 0.3) is 0 Å². The van der Waals surface area contributed by atoms with Crippen LogP contribution in [0.5, 0.6) is 5.75 Å². The van der Waals surface area contributed by atoms with Gasteiger partial charge in [-0.2, -0.15) is 0 Å². The number of anilines is 1. The first-order chi connectivity index (χ1) is 9.23. The Labute approximate surface area is 113 Å². The monoisotopic (exact) mass is 260 g/mol. The minimum Gasteiger partial charge on any atom is -0.493 e. The van der Waals surface area contributed by atoms with Gasteiger partial charge in [-0.3, -0.25) is 4.79 Å². The van der Waals surface area contributed by atoms with Crippen LogP contribution >= 0.6 is 0 Å². The topological polar surface area (TPSA) is 50.4 Å². The summed E-state index contributed by atoms with van der Waals surface area (Å²) in [5, 5.41) is 6.20. The standard InChI is InChI=1S/C15H20N2O2/c1-16-10-15(6-2-7-15)14(18)17-12-3-4-13-11(9-12)5-8-19-13/h3-4,9,16H,2,5-8,10H2,1H3,(H,17,18). The van der Waals surface area contributed by atoms with Crippen molar-refractivity contribution in [2.24, 2.45) is 5.41 Å². The van der Waals surface area contributed by atoms with Gasteiger partial charge in [0.25, 0.3) is 0 Å². The molecule has 1 saturated carbocycles. The molecule has 1 aliphatic heterocycles. The SMILES string of the molecule is CNCC1(C(=O)Nc2ccc3c(c2)CCO3)CCC1. The smallest absolute Gasteiger partial charge is 0.231 e. The third-order valence-electron chi connectivity index (χ3n) is 4.25. The zero-order valence-electron chi connectivity index (χ0n) is 11.3. The van der Waals surface area contributed by atoms with Crippen LogP contribution in [0.3, 0.4) is 0 Å². The fraction of sp³-hybridized carbons (Fsp3) is 0.533. The van der Waals surface area contributed by atoms with Crippen LogP contribution < -0.4 is 15.4 Å². The van der Waals surface area contributed by atoms with Gasteiger partial charge in [-0.1, -0.05) is 6.42 Å². The van der Waals surface area contributed by atoms with Crippen molar-refractivity contribution in [1.82, 2.24) is 5.32 Å². The van der Waals surface area contributed by atoms with Crippen molar-refractivity contribution < 1.29 is 9.53 Å². The number of hydrogen-bond donors (Lipinski definition) is 2. The quantitative estimate of drug-likeness (QED) is 0.870. The fourth-order valence-electron chi connectivity index (χ4n) is 2.95. The Hall–Kier alpha value is -1.55. The van der Waals surface area contributed by atoms with Crippen LogP contribution in [-0.2, 0) is 11.2 Å². The normalized spacial score (nSPS) is 19.2. The van der Waals surface area contributed by atoms with Gasteiger partial charge in [-0.15, -0.1) is 0 Å². The van der Waals surface area contributed by atoms with Gasteiger partial charge in [0.2, 0.25) is 5.91 Å². The van der Waals surface area contributed by atoms with Crippen molar-refractivity contribution >= 4 is 11.6 Å². The lowest BCUT2D eigenvalue weighted by Crippen LogP contribution is -2.48. The second-order valence-corrected chi connectivity index (χ2v) is 5.54. The molecule has 2 aliphatic rings. The minimum atomic E-state index is -0.204. The van der Waals surface area contributed by atoms with E-state index in [2.05, 4.69) is 10.6 Å². The molecule has 102 valence electrons. The average Bonchev–Trinajstić information content (AvgIpc) is 2.80. The van der Waals surface area contributed by atoms with Crippen LogP contribution in [0, 0.1) is 5.41 Å². The molecule has 1 aliphatic carbocycles. The number of rotatable bonds is 4. The Morgan fingerprint density at radius 2 is 2.26 bits per heavy atom. The third kappa shape index (κ3) is 2.21. The molecule has 19 heavy (non-hydrogen) atoms. The van der Waals surface area contributed by atoms with Gasteiger partial charge in [-0.25, -0.2) is 0 Å². The fourth-order valence-corrected chi connectivity index (χ4v) is 2.95. The third-order valence-corrected chi connectivity index (χ3v) is 4.25. The van der Waals surface area contributed by atoms with Gasteiger partial charge in [0.15, 0.2) is 0 Å². The van der Waals surface area contributed by atoms with Crippen LogP contribution in [0.15, 0.2) is 18.2 Å². The number of amides is 1. The Morgan fingerprint density at radius 1 is 1.42 bits per heavy atom. The highest BCUT2D eigenvalue weighted by molar-refractivity contribution is 5.96. The number of nitrogens with one attached hydrogen (secondary N) is 2. The molecule has 0 aromatic heterocycles. The van der Waals surface area contributed by atoms with Gasteiger partial charge >= 0.3 is 0 Å². The summed E-state index contributed by atoms with van der Waals surface area (Å²) in [6, 6.07) is 5.91. The molecular formula is C15H20N2O2. The van der Waals surface area contributed by atoms with E-state index in [9.17, 15) is 4.79 Å². The molecule has 1 aromatic carbocycles. The van der Waals surface area contributed by atoms with Gasteiger partial charge in [0.1, 0.15) is 5.75 Å². The minimum absolute atomic E-state index is 0.145. The molecule has 3 rings (SSSR count). The van der Waals surface area contributed by atoms with Crippen molar-refractivity contribution in [3.63, 3.8) is 0 Å². The van der Waals surface area contributed by atoms with E-state index in [-0.39, 0.29) is 11.3 Å². The summed E-state index contributed by atoms with van der Waals surface area (Å²) in [6.45, 7) is 1.50. The Kier molecular flexibility index (Phi) is 3.19. The number of carbonyl (C=O) groups is 1. The van der Waals surface area contributed by atoms with Crippen LogP contribution in [0.4, 0.5) is 5.69 Å². The van der Waals surface area contributed by atoms with E-state index in [1.54, 1.807) is 0 Å². The molecule has 4 heteroatoms. The van der Waals surface area contributed by atoms with Crippen LogP contribution in [0.2, 0.25) is 0 Å². The second kappa shape index (κ2) is 4.85. The Bertz CT molecular complexity index is 495. The lowest BCUT2D eigenvalue weighted by molar-refractivity contribution is -0.129. The number of ether oxygens (including phenoxy) is 1. The van der Waals surface area contributed by atoms with Crippen LogP contribution in [0.1, 0.15) is 24.8 Å². The van der Waals surface area contributed by atoms with Crippen molar-refractivity contribution in [2.45, 2.75) is 25.7 Å². The molecule has 1 heterocycles. The molecule has 0 saturated heterocycles. The zero-order chi connectivity index (χ0) is 13.3. The lowest BCUT2D eigenvalue weighted by Gasteiger charge is -2.40. The molecule has 0 bridgehead atoms. The molecule has 4 nitrogen and oxygen atoms in total. The second-order valence-electron chi connectivity index (χ2n) is 5.54. The zero-order valence-corrected chi connectivity index (χ0v) is 11.3. The van der Waals surface area contributed by atoms with Gasteiger partial charge in [-0.05, 0) is 43.7 Å². The molecule has 1 amide bonds. The van der Waals surface area contributed by atoms with Crippen molar-refractivity contribution in [3.05, 3.63) is 23.8 Å². The summed E-state index contributed by atoms with van der Waals surface area (Å²) in [5.74, 6) is 1.10. The maximum absolute atomic E-state index is 12.4. The molecule has 1 aromatic rings. The highest BCUT2D eigenvalue weighted by atomic mass is 16.5. The lowest BCUT2D eigenvalue weighted by atomic mass is 9.68. The largest absolute Gasteiger partial charge is 0.493 e. The van der Waals surface area contributed by atoms with Crippen molar-refractivity contribution in [1.29, 1.82) is 0 Å². The number of fused-ring (bicyclic) bond motifs is 1. The molecule has 0 unspecified atom stereocenters. The van der Waals surface area contributed by atoms with E-state index >= 15 is 0 Å². The first-order valence-electron chi connectivity index (χ1n) is 6.95. The molecule has 0 spiro atoms. The predicted octanol–water partition coefficient (Wildman–Crippen LogP) is 1.95. The first kappa shape index (κ1) is 12.5. The van der Waals surface area contributed by atoms with Gasteiger partial charge < -0.3 is 15.4 Å². The molecule has 0 atom stereocenters. The summed E-state index contributed by atoms with van der Waals surface area (Å²) in [5.41, 5.74) is 1.87. The average molecular weight is 260 g/mol. The maximum Gasteiger partial charge on any atom is 0.231 e. The summed E-state index contributed by atoms with van der Waals surface area (Å²) < 4.78 is 5.47. The van der Waals surface area contributed by atoms with E-state index in [1.165, 1.54) is 5.56 Å². The van der Waals surface area contributed by atoms with Crippen molar-refractivity contribution in [2.75, 3.05) is 25.5 Å².